The summed E-state index contributed by atoms with van der Waals surface area (Å²) in [6.07, 6.45) is 11.5. The van der Waals surface area contributed by atoms with Gasteiger partial charge in [-0.25, -0.2) is 4.39 Å². The van der Waals surface area contributed by atoms with Crippen LogP contribution >= 0.6 is 0 Å². The van der Waals surface area contributed by atoms with Crippen LogP contribution in [-0.4, -0.2) is 53.2 Å². The molecule has 1 fully saturated rings. The Balaban J connectivity index is 1.28. The number of phenolic OH excluding ortho intramolecular Hbond substituents is 1. The van der Waals surface area contributed by atoms with Crippen LogP contribution in [0.1, 0.15) is 18.4 Å². The first-order valence-corrected chi connectivity index (χ1v) is 12.6. The van der Waals surface area contributed by atoms with Gasteiger partial charge in [-0.3, -0.25) is 25.0 Å². The average Bonchev–Trinajstić information content (AvgIpc) is 3.67. The van der Waals surface area contributed by atoms with E-state index in [2.05, 4.69) is 41.1 Å². The Kier molecular flexibility index (Phi) is 5.36. The van der Waals surface area contributed by atoms with Gasteiger partial charge in [-0.2, -0.15) is 5.10 Å². The molecule has 0 radical (unpaired) electrons. The fraction of sp³-hybridized carbons (Fsp3) is 0.172. The molecule has 6 aromatic rings. The summed E-state index contributed by atoms with van der Waals surface area (Å²) >= 11 is 0. The number of phenols is 1. The Labute approximate surface area is 217 Å². The van der Waals surface area contributed by atoms with E-state index in [-0.39, 0.29) is 5.75 Å². The van der Waals surface area contributed by atoms with E-state index in [0.29, 0.717) is 11.1 Å². The molecule has 0 spiro atoms. The Hall–Kier alpha value is -4.63. The molecule has 0 saturated carbocycles. The van der Waals surface area contributed by atoms with Crippen LogP contribution in [0.2, 0.25) is 0 Å². The van der Waals surface area contributed by atoms with Crippen molar-refractivity contribution >= 4 is 21.8 Å². The molecule has 0 amide bonds. The highest BCUT2D eigenvalue weighted by Gasteiger charge is 2.17. The van der Waals surface area contributed by atoms with Crippen molar-refractivity contribution in [1.29, 1.82) is 0 Å². The minimum atomic E-state index is -0.509. The van der Waals surface area contributed by atoms with Gasteiger partial charge < -0.3 is 10.1 Å². The van der Waals surface area contributed by atoms with Crippen LogP contribution in [0.25, 0.3) is 55.6 Å². The highest BCUT2D eigenvalue weighted by molar-refractivity contribution is 6.01. The first-order valence-electron chi connectivity index (χ1n) is 12.6. The summed E-state index contributed by atoms with van der Waals surface area (Å²) in [6, 6.07) is 10.2. The van der Waals surface area contributed by atoms with Gasteiger partial charge in [-0.15, -0.1) is 0 Å². The molecule has 5 aromatic heterocycles. The second kappa shape index (κ2) is 9.04. The van der Waals surface area contributed by atoms with Gasteiger partial charge in [-0.1, -0.05) is 0 Å². The van der Waals surface area contributed by atoms with Crippen molar-refractivity contribution in [2.45, 2.75) is 19.4 Å². The highest BCUT2D eigenvalue weighted by Crippen LogP contribution is 2.35. The molecule has 3 N–H and O–H groups in total. The second-order valence-corrected chi connectivity index (χ2v) is 9.78. The number of halogens is 1. The lowest BCUT2D eigenvalue weighted by Gasteiger charge is -2.14. The van der Waals surface area contributed by atoms with Crippen molar-refractivity contribution in [1.82, 2.24) is 35.0 Å². The number of likely N-dealkylation sites (tertiary alicyclic amines) is 1. The Morgan fingerprint density at radius 2 is 1.71 bits per heavy atom. The van der Waals surface area contributed by atoms with Crippen LogP contribution in [-0.2, 0) is 6.54 Å². The predicted octanol–water partition coefficient (Wildman–Crippen LogP) is 5.67. The maximum atomic E-state index is 14.0. The molecule has 188 valence electrons. The fourth-order valence-electron chi connectivity index (χ4n) is 5.33. The Morgan fingerprint density at radius 1 is 0.842 bits per heavy atom. The van der Waals surface area contributed by atoms with Gasteiger partial charge in [0.2, 0.25) is 0 Å². The van der Waals surface area contributed by atoms with Crippen molar-refractivity contribution in [3.05, 3.63) is 78.8 Å². The number of aromatic hydroxyl groups is 1. The van der Waals surface area contributed by atoms with Gasteiger partial charge in [0.1, 0.15) is 17.3 Å². The van der Waals surface area contributed by atoms with Crippen molar-refractivity contribution in [3.8, 4) is 39.5 Å². The minimum Gasteiger partial charge on any atom is -0.508 e. The number of H-pyrrole nitrogens is 2. The zero-order chi connectivity index (χ0) is 25.6. The maximum absolute atomic E-state index is 14.0. The molecule has 1 aliphatic heterocycles. The lowest BCUT2D eigenvalue weighted by atomic mass is 10.0. The molecule has 38 heavy (non-hydrogen) atoms. The Bertz CT molecular complexity index is 1780. The normalized spacial score (nSPS) is 14.1. The summed E-state index contributed by atoms with van der Waals surface area (Å²) in [7, 11) is 0. The van der Waals surface area contributed by atoms with Crippen LogP contribution in [0.4, 0.5) is 4.39 Å². The number of nitrogens with one attached hydrogen (secondary N) is 2. The number of rotatable bonds is 5. The third-order valence-corrected chi connectivity index (χ3v) is 7.14. The standard InChI is InChI=1S/C29H24FN7O/c30-20-6-18(7-21(38)8-20)24-13-32-14-27-22(24)9-26(34-27)29-23-10-25(33-15-28(23)35-36-29)19-5-17(11-31-12-19)16-37-3-1-2-4-37/h5-15,34,38H,1-4,16H2,(H,35,36). The topological polar surface area (TPSA) is 107 Å². The van der Waals surface area contributed by atoms with Crippen LogP contribution in [0, 0.1) is 5.82 Å². The van der Waals surface area contributed by atoms with E-state index >= 15 is 0 Å². The fourth-order valence-corrected chi connectivity index (χ4v) is 5.33. The number of nitrogens with zero attached hydrogens (tertiary/aromatic N) is 5. The van der Waals surface area contributed by atoms with Crippen molar-refractivity contribution < 1.29 is 9.50 Å². The van der Waals surface area contributed by atoms with Crippen LogP contribution in [0.15, 0.2) is 67.4 Å². The molecule has 1 aromatic carbocycles. The van der Waals surface area contributed by atoms with Crippen LogP contribution in [0.3, 0.4) is 0 Å². The number of hydrogen-bond donors (Lipinski definition) is 3. The maximum Gasteiger partial charge on any atom is 0.127 e. The molecule has 1 saturated heterocycles. The monoisotopic (exact) mass is 505 g/mol. The number of aromatic nitrogens is 6. The summed E-state index contributed by atoms with van der Waals surface area (Å²) in [5.74, 6) is -0.643. The lowest BCUT2D eigenvalue weighted by molar-refractivity contribution is 0.331. The summed E-state index contributed by atoms with van der Waals surface area (Å²) in [5.41, 5.74) is 7.36. The van der Waals surface area contributed by atoms with E-state index in [1.165, 1.54) is 30.5 Å². The third kappa shape index (κ3) is 4.06. The summed E-state index contributed by atoms with van der Waals surface area (Å²) in [6.45, 7) is 3.17. The molecular formula is C29H24FN7O. The first-order chi connectivity index (χ1) is 18.6. The van der Waals surface area contributed by atoms with Crippen LogP contribution in [0.5, 0.6) is 5.75 Å². The number of hydrogen-bond acceptors (Lipinski definition) is 6. The number of fused-ring (bicyclic) bond motifs is 2. The second-order valence-electron chi connectivity index (χ2n) is 9.78. The van der Waals surface area contributed by atoms with E-state index in [1.54, 1.807) is 18.6 Å². The van der Waals surface area contributed by atoms with Gasteiger partial charge >= 0.3 is 0 Å². The molecule has 1 aliphatic rings. The van der Waals surface area contributed by atoms with Crippen molar-refractivity contribution in [2.75, 3.05) is 13.1 Å². The van der Waals surface area contributed by atoms with E-state index < -0.39 is 5.82 Å². The minimum absolute atomic E-state index is 0.134. The van der Waals surface area contributed by atoms with E-state index in [1.807, 2.05) is 24.5 Å². The highest BCUT2D eigenvalue weighted by atomic mass is 19.1. The first kappa shape index (κ1) is 22.6. The quantitative estimate of drug-likeness (QED) is 0.279. The third-order valence-electron chi connectivity index (χ3n) is 7.14. The molecule has 8 nitrogen and oxygen atoms in total. The molecular weight excluding hydrogens is 481 g/mol. The molecule has 0 unspecified atom stereocenters. The van der Waals surface area contributed by atoms with Gasteiger partial charge in [0, 0.05) is 53.1 Å². The van der Waals surface area contributed by atoms with Gasteiger partial charge in [-0.05, 0) is 67.4 Å². The largest absolute Gasteiger partial charge is 0.508 e. The molecule has 7 rings (SSSR count). The zero-order valence-corrected chi connectivity index (χ0v) is 20.4. The molecule has 0 atom stereocenters. The molecule has 0 aliphatic carbocycles. The van der Waals surface area contributed by atoms with E-state index in [4.69, 9.17) is 0 Å². The summed E-state index contributed by atoms with van der Waals surface area (Å²) in [4.78, 5) is 19.3. The van der Waals surface area contributed by atoms with Crippen molar-refractivity contribution in [3.63, 3.8) is 0 Å². The van der Waals surface area contributed by atoms with Gasteiger partial charge in [0.25, 0.3) is 0 Å². The number of benzene rings is 1. The SMILES string of the molecule is Oc1cc(F)cc(-c2cncc3[nH]c(-c4n[nH]c5cnc(-c6cncc(CN7CCCC7)c6)cc45)cc23)c1. The van der Waals surface area contributed by atoms with Crippen LogP contribution < -0.4 is 0 Å². The van der Waals surface area contributed by atoms with Gasteiger partial charge in [0.15, 0.2) is 0 Å². The predicted molar refractivity (Wildman–Crippen MR) is 144 cm³/mol. The lowest BCUT2D eigenvalue weighted by Crippen LogP contribution is -2.18. The number of aromatic amines is 2. The van der Waals surface area contributed by atoms with E-state index in [0.717, 1.165) is 70.2 Å². The van der Waals surface area contributed by atoms with Crippen molar-refractivity contribution in [2.24, 2.45) is 0 Å². The Morgan fingerprint density at radius 3 is 2.58 bits per heavy atom. The number of pyridine rings is 3. The molecule has 0 bridgehead atoms. The summed E-state index contributed by atoms with van der Waals surface area (Å²) in [5, 5.41) is 19.3. The average molecular weight is 506 g/mol. The van der Waals surface area contributed by atoms with Gasteiger partial charge in [0.05, 0.1) is 34.8 Å². The summed E-state index contributed by atoms with van der Waals surface area (Å²) < 4.78 is 14.0. The smallest absolute Gasteiger partial charge is 0.127 e. The molecule has 9 heteroatoms. The van der Waals surface area contributed by atoms with E-state index in [9.17, 15) is 9.50 Å². The zero-order valence-electron chi connectivity index (χ0n) is 20.4. The molecule has 6 heterocycles.